The lowest BCUT2D eigenvalue weighted by Gasteiger charge is -2.15. The van der Waals surface area contributed by atoms with E-state index in [9.17, 15) is 9.59 Å². The Labute approximate surface area is 168 Å². The van der Waals surface area contributed by atoms with Crippen LogP contribution >= 0.6 is 21.6 Å². The molecule has 0 aromatic carbocycles. The van der Waals surface area contributed by atoms with E-state index in [1.165, 1.54) is 47.3 Å². The number of carbonyl (C=O) groups excluding carboxylic acids is 2. The van der Waals surface area contributed by atoms with Crippen molar-refractivity contribution >= 4 is 33.5 Å². The zero-order chi connectivity index (χ0) is 19.6. The molecule has 0 heterocycles. The van der Waals surface area contributed by atoms with Gasteiger partial charge in [-0.25, -0.2) is 0 Å². The van der Waals surface area contributed by atoms with Crippen molar-refractivity contribution in [3.63, 3.8) is 0 Å². The van der Waals surface area contributed by atoms with Crippen LogP contribution in [0.3, 0.4) is 0 Å². The first kappa shape index (κ1) is 25.6. The van der Waals surface area contributed by atoms with E-state index in [2.05, 4.69) is 27.7 Å². The summed E-state index contributed by atoms with van der Waals surface area (Å²) in [5, 5.41) is 0. The summed E-state index contributed by atoms with van der Waals surface area (Å²) in [6.07, 6.45) is 9.02. The van der Waals surface area contributed by atoms with Crippen molar-refractivity contribution in [3.05, 3.63) is 0 Å². The van der Waals surface area contributed by atoms with Crippen LogP contribution in [-0.4, -0.2) is 36.7 Å². The lowest BCUT2D eigenvalue weighted by molar-refractivity contribution is -0.142. The molecule has 0 aromatic rings. The second-order valence-corrected chi connectivity index (χ2v) is 9.19. The molecule has 0 radical (unpaired) electrons. The van der Waals surface area contributed by atoms with Crippen LogP contribution in [0.5, 0.6) is 0 Å². The van der Waals surface area contributed by atoms with Gasteiger partial charge in [-0.3, -0.25) is 9.59 Å². The molecule has 0 aliphatic carbocycles. The standard InChI is InChI=1S/C20H38O4S2/c1-5-9-11-17(7-3)13-23-19(21)15-25-26-16-20(22)24-14-18(8-4)12-10-6-2/h17-18H,5-16H2,1-4H3. The molecule has 6 heteroatoms. The number of ether oxygens (including phenoxy) is 2. The van der Waals surface area contributed by atoms with E-state index in [0.717, 1.165) is 25.7 Å². The number of unbranched alkanes of at least 4 members (excludes halogenated alkanes) is 2. The maximum Gasteiger partial charge on any atom is 0.316 e. The van der Waals surface area contributed by atoms with Crippen LogP contribution in [0.25, 0.3) is 0 Å². The van der Waals surface area contributed by atoms with Gasteiger partial charge in [-0.1, -0.05) is 87.8 Å². The van der Waals surface area contributed by atoms with Crippen LogP contribution in [0.15, 0.2) is 0 Å². The first-order chi connectivity index (χ1) is 12.6. The second kappa shape index (κ2) is 18.0. The minimum absolute atomic E-state index is 0.198. The summed E-state index contributed by atoms with van der Waals surface area (Å²) in [4.78, 5) is 23.5. The number of hydrogen-bond acceptors (Lipinski definition) is 6. The average molecular weight is 407 g/mol. The van der Waals surface area contributed by atoms with Gasteiger partial charge in [0.05, 0.1) is 13.2 Å². The summed E-state index contributed by atoms with van der Waals surface area (Å²) in [6, 6.07) is 0. The third kappa shape index (κ3) is 14.8. The van der Waals surface area contributed by atoms with E-state index >= 15 is 0 Å². The predicted molar refractivity (Wildman–Crippen MR) is 113 cm³/mol. The van der Waals surface area contributed by atoms with Crippen LogP contribution in [-0.2, 0) is 19.1 Å². The van der Waals surface area contributed by atoms with Gasteiger partial charge in [0, 0.05) is 0 Å². The monoisotopic (exact) mass is 406 g/mol. The molecule has 0 bridgehead atoms. The summed E-state index contributed by atoms with van der Waals surface area (Å²) in [6.45, 7) is 9.64. The molecule has 0 saturated heterocycles. The molecule has 26 heavy (non-hydrogen) atoms. The van der Waals surface area contributed by atoms with Crippen molar-refractivity contribution in [2.45, 2.75) is 79.1 Å². The van der Waals surface area contributed by atoms with Gasteiger partial charge in [-0.15, -0.1) is 0 Å². The zero-order valence-electron chi connectivity index (χ0n) is 17.1. The molecular formula is C20H38O4S2. The third-order valence-corrected chi connectivity index (χ3v) is 6.56. The molecule has 2 unspecified atom stereocenters. The van der Waals surface area contributed by atoms with Gasteiger partial charge in [-0.2, -0.15) is 0 Å². The van der Waals surface area contributed by atoms with Crippen molar-refractivity contribution in [1.29, 1.82) is 0 Å². The van der Waals surface area contributed by atoms with Crippen molar-refractivity contribution in [2.24, 2.45) is 11.8 Å². The van der Waals surface area contributed by atoms with E-state index in [-0.39, 0.29) is 23.4 Å². The predicted octanol–water partition coefficient (Wildman–Crippen LogP) is 5.89. The zero-order valence-corrected chi connectivity index (χ0v) is 18.7. The lowest BCUT2D eigenvalue weighted by Crippen LogP contribution is -2.16. The van der Waals surface area contributed by atoms with Crippen LogP contribution in [0.4, 0.5) is 0 Å². The van der Waals surface area contributed by atoms with Gasteiger partial charge in [0.1, 0.15) is 11.5 Å². The molecule has 0 spiro atoms. The van der Waals surface area contributed by atoms with E-state index in [1.807, 2.05) is 0 Å². The van der Waals surface area contributed by atoms with E-state index in [0.29, 0.717) is 25.0 Å². The van der Waals surface area contributed by atoms with Gasteiger partial charge in [0.2, 0.25) is 0 Å². The summed E-state index contributed by atoms with van der Waals surface area (Å²) >= 11 is 0. The van der Waals surface area contributed by atoms with E-state index in [1.54, 1.807) is 0 Å². The SMILES string of the molecule is CCCCC(CC)COC(=O)CSSCC(=O)OCC(CC)CCCC. The summed E-state index contributed by atoms with van der Waals surface area (Å²) in [7, 11) is 2.72. The molecule has 2 atom stereocenters. The smallest absolute Gasteiger partial charge is 0.316 e. The molecule has 154 valence electrons. The van der Waals surface area contributed by atoms with Crippen molar-refractivity contribution in [2.75, 3.05) is 24.7 Å². The number of carbonyl (C=O) groups is 2. The second-order valence-electron chi connectivity index (χ2n) is 6.72. The first-order valence-electron chi connectivity index (χ1n) is 10.1. The number of hydrogen-bond donors (Lipinski definition) is 0. The minimum atomic E-state index is -0.198. The molecule has 0 rings (SSSR count). The Bertz CT molecular complexity index is 330. The fourth-order valence-corrected chi connectivity index (χ4v) is 4.08. The highest BCUT2D eigenvalue weighted by Crippen LogP contribution is 2.22. The average Bonchev–Trinajstić information content (AvgIpc) is 2.65. The molecule has 0 N–H and O–H groups in total. The van der Waals surface area contributed by atoms with Crippen LogP contribution in [0, 0.1) is 11.8 Å². The largest absolute Gasteiger partial charge is 0.465 e. The van der Waals surface area contributed by atoms with E-state index < -0.39 is 0 Å². The Kier molecular flexibility index (Phi) is 17.8. The molecule has 0 aliphatic heterocycles. The quantitative estimate of drug-likeness (QED) is 0.171. The fourth-order valence-electron chi connectivity index (χ4n) is 2.48. The molecular weight excluding hydrogens is 368 g/mol. The van der Waals surface area contributed by atoms with Crippen LogP contribution in [0.1, 0.15) is 79.1 Å². The Hall–Kier alpha value is -0.360. The topological polar surface area (TPSA) is 52.6 Å². The Morgan fingerprint density at radius 1 is 0.731 bits per heavy atom. The molecule has 0 aromatic heterocycles. The highest BCUT2D eigenvalue weighted by atomic mass is 33.1. The van der Waals surface area contributed by atoms with Gasteiger partial charge < -0.3 is 9.47 Å². The van der Waals surface area contributed by atoms with Gasteiger partial charge >= 0.3 is 11.9 Å². The van der Waals surface area contributed by atoms with Crippen molar-refractivity contribution < 1.29 is 19.1 Å². The van der Waals surface area contributed by atoms with Gasteiger partial charge in [-0.05, 0) is 24.7 Å². The van der Waals surface area contributed by atoms with Gasteiger partial charge in [0.25, 0.3) is 0 Å². The fraction of sp³-hybridized carbons (Fsp3) is 0.900. The summed E-state index contributed by atoms with van der Waals surface area (Å²) in [5.41, 5.74) is 0. The Morgan fingerprint density at radius 2 is 1.12 bits per heavy atom. The van der Waals surface area contributed by atoms with E-state index in [4.69, 9.17) is 9.47 Å². The maximum absolute atomic E-state index is 11.8. The maximum atomic E-state index is 11.8. The van der Waals surface area contributed by atoms with Gasteiger partial charge in [0.15, 0.2) is 0 Å². The normalized spacial score (nSPS) is 13.2. The highest BCUT2D eigenvalue weighted by molar-refractivity contribution is 8.77. The first-order valence-corrected chi connectivity index (χ1v) is 12.6. The highest BCUT2D eigenvalue weighted by Gasteiger charge is 2.12. The molecule has 4 nitrogen and oxygen atoms in total. The molecule has 0 amide bonds. The van der Waals surface area contributed by atoms with Crippen molar-refractivity contribution in [1.82, 2.24) is 0 Å². The van der Waals surface area contributed by atoms with Crippen LogP contribution < -0.4 is 0 Å². The minimum Gasteiger partial charge on any atom is -0.465 e. The molecule has 0 saturated carbocycles. The van der Waals surface area contributed by atoms with Crippen molar-refractivity contribution in [3.8, 4) is 0 Å². The summed E-state index contributed by atoms with van der Waals surface area (Å²) in [5.74, 6) is 1.08. The number of esters is 2. The van der Waals surface area contributed by atoms with Crippen LogP contribution in [0.2, 0.25) is 0 Å². The molecule has 0 fully saturated rings. The Morgan fingerprint density at radius 3 is 1.42 bits per heavy atom. The number of rotatable bonds is 17. The lowest BCUT2D eigenvalue weighted by atomic mass is 10.0. The third-order valence-electron chi connectivity index (χ3n) is 4.48. The summed E-state index contributed by atoms with van der Waals surface area (Å²) < 4.78 is 10.7. The Balaban J connectivity index is 3.73. The molecule has 0 aliphatic rings.